The molecule has 1 aromatic heterocycles. The van der Waals surface area contributed by atoms with E-state index in [0.717, 1.165) is 16.9 Å². The molecule has 0 saturated heterocycles. The van der Waals surface area contributed by atoms with Crippen LogP contribution in [0, 0.1) is 5.92 Å². The molecule has 6 heteroatoms. The maximum absolute atomic E-state index is 12.2. The number of carboxylic acid groups (broad SMARTS) is 1. The summed E-state index contributed by atoms with van der Waals surface area (Å²) in [5, 5.41) is 11.7. The fourth-order valence-electron chi connectivity index (χ4n) is 2.45. The Hall–Kier alpha value is -2.37. The van der Waals surface area contributed by atoms with Crippen molar-refractivity contribution in [2.45, 2.75) is 39.8 Å². The molecule has 1 aromatic carbocycles. The van der Waals surface area contributed by atoms with Gasteiger partial charge in [0, 0.05) is 6.42 Å². The summed E-state index contributed by atoms with van der Waals surface area (Å²) >= 11 is 0. The van der Waals surface area contributed by atoms with Gasteiger partial charge in [0.1, 0.15) is 18.4 Å². The Kier molecular flexibility index (Phi) is 4.80. The van der Waals surface area contributed by atoms with Crippen LogP contribution >= 0.6 is 0 Å². The number of imidazole rings is 1. The van der Waals surface area contributed by atoms with Crippen LogP contribution in [0.25, 0.3) is 11.0 Å². The fourth-order valence-corrected chi connectivity index (χ4v) is 2.45. The summed E-state index contributed by atoms with van der Waals surface area (Å²) in [6.07, 6.45) is 0.703. The Labute approximate surface area is 129 Å². The summed E-state index contributed by atoms with van der Waals surface area (Å²) in [4.78, 5) is 27.9. The number of aryl methyl sites for hydroxylation is 1. The molecule has 1 amide bonds. The number of amides is 1. The fraction of sp³-hybridized carbons (Fsp3) is 0.438. The van der Waals surface area contributed by atoms with Gasteiger partial charge in [-0.2, -0.15) is 0 Å². The Morgan fingerprint density at radius 1 is 1.32 bits per heavy atom. The highest BCUT2D eigenvalue weighted by atomic mass is 16.4. The largest absolute Gasteiger partial charge is 0.480 e. The number of hydrogen-bond acceptors (Lipinski definition) is 3. The van der Waals surface area contributed by atoms with Gasteiger partial charge in [-0.1, -0.05) is 32.9 Å². The van der Waals surface area contributed by atoms with E-state index in [4.69, 9.17) is 5.11 Å². The lowest BCUT2D eigenvalue weighted by Gasteiger charge is -2.18. The van der Waals surface area contributed by atoms with Gasteiger partial charge >= 0.3 is 5.97 Å². The van der Waals surface area contributed by atoms with Crippen molar-refractivity contribution in [2.75, 3.05) is 0 Å². The van der Waals surface area contributed by atoms with Gasteiger partial charge in [0.15, 0.2) is 0 Å². The first-order chi connectivity index (χ1) is 10.4. The van der Waals surface area contributed by atoms with Crippen LogP contribution in [0.1, 0.15) is 26.6 Å². The minimum absolute atomic E-state index is 0.0696. The van der Waals surface area contributed by atoms with Gasteiger partial charge < -0.3 is 15.0 Å². The quantitative estimate of drug-likeness (QED) is 0.852. The van der Waals surface area contributed by atoms with E-state index in [0.29, 0.717) is 6.42 Å². The van der Waals surface area contributed by atoms with Crippen molar-refractivity contribution in [1.82, 2.24) is 14.9 Å². The van der Waals surface area contributed by atoms with Crippen LogP contribution in [-0.4, -0.2) is 32.6 Å². The third-order valence-electron chi connectivity index (χ3n) is 3.60. The van der Waals surface area contributed by atoms with Gasteiger partial charge in [0.05, 0.1) is 11.0 Å². The molecular weight excluding hydrogens is 282 g/mol. The van der Waals surface area contributed by atoms with Crippen LogP contribution in [-0.2, 0) is 22.6 Å². The van der Waals surface area contributed by atoms with E-state index in [1.54, 1.807) is 13.8 Å². The average molecular weight is 303 g/mol. The van der Waals surface area contributed by atoms with Crippen LogP contribution in [0.5, 0.6) is 0 Å². The molecule has 0 aliphatic heterocycles. The van der Waals surface area contributed by atoms with Crippen LogP contribution in [0.4, 0.5) is 0 Å². The zero-order chi connectivity index (χ0) is 16.3. The third-order valence-corrected chi connectivity index (χ3v) is 3.60. The standard InChI is InChI=1S/C16H21N3O3/c1-4-13-17-11-7-5-6-8-12(11)19(13)9-14(20)18-15(10(2)3)16(21)22/h5-8,10,15H,4,9H2,1-3H3,(H,18,20)(H,21,22)/t15-/m1/s1. The highest BCUT2D eigenvalue weighted by Gasteiger charge is 2.24. The molecule has 0 spiro atoms. The minimum atomic E-state index is -1.02. The number of nitrogens with zero attached hydrogens (tertiary/aromatic N) is 2. The molecule has 2 N–H and O–H groups in total. The van der Waals surface area contributed by atoms with Crippen LogP contribution in [0.3, 0.4) is 0 Å². The number of hydrogen-bond donors (Lipinski definition) is 2. The minimum Gasteiger partial charge on any atom is -0.480 e. The second kappa shape index (κ2) is 6.60. The van der Waals surface area contributed by atoms with Crippen molar-refractivity contribution in [3.05, 3.63) is 30.1 Å². The molecule has 22 heavy (non-hydrogen) atoms. The summed E-state index contributed by atoms with van der Waals surface area (Å²) < 4.78 is 1.84. The number of nitrogens with one attached hydrogen (secondary N) is 1. The van der Waals surface area contributed by atoms with E-state index in [1.807, 2.05) is 35.8 Å². The number of rotatable bonds is 6. The number of aliphatic carboxylic acids is 1. The molecule has 0 aliphatic carbocycles. The predicted octanol–water partition coefficient (Wildman–Crippen LogP) is 1.82. The Bertz CT molecular complexity index is 691. The molecule has 0 bridgehead atoms. The van der Waals surface area contributed by atoms with Crippen molar-refractivity contribution in [3.8, 4) is 0 Å². The molecule has 0 fully saturated rings. The van der Waals surface area contributed by atoms with E-state index in [1.165, 1.54) is 0 Å². The summed E-state index contributed by atoms with van der Waals surface area (Å²) in [6.45, 7) is 5.58. The molecule has 2 aromatic rings. The first-order valence-corrected chi connectivity index (χ1v) is 7.40. The number of carboxylic acids is 1. The lowest BCUT2D eigenvalue weighted by Crippen LogP contribution is -2.45. The van der Waals surface area contributed by atoms with Gasteiger partial charge in [-0.25, -0.2) is 9.78 Å². The first kappa shape index (κ1) is 16.0. The van der Waals surface area contributed by atoms with Crippen LogP contribution in [0.15, 0.2) is 24.3 Å². The first-order valence-electron chi connectivity index (χ1n) is 7.40. The van der Waals surface area contributed by atoms with Crippen molar-refractivity contribution in [2.24, 2.45) is 5.92 Å². The molecule has 0 aliphatic rings. The molecule has 1 atom stereocenters. The van der Waals surface area contributed by atoms with Crippen molar-refractivity contribution in [3.63, 3.8) is 0 Å². The summed E-state index contributed by atoms with van der Waals surface area (Å²) in [7, 11) is 0. The molecule has 1 heterocycles. The zero-order valence-corrected chi connectivity index (χ0v) is 13.0. The molecule has 0 unspecified atom stereocenters. The number of carbonyl (C=O) groups excluding carboxylic acids is 1. The van der Waals surface area contributed by atoms with Gasteiger partial charge in [-0.05, 0) is 18.1 Å². The van der Waals surface area contributed by atoms with Gasteiger partial charge in [-0.15, -0.1) is 0 Å². The molecule has 0 radical (unpaired) electrons. The number of aromatic nitrogens is 2. The molecule has 2 rings (SSSR count). The Morgan fingerprint density at radius 2 is 2.00 bits per heavy atom. The van der Waals surface area contributed by atoms with Gasteiger partial charge in [0.2, 0.25) is 5.91 Å². The highest BCUT2D eigenvalue weighted by Crippen LogP contribution is 2.16. The van der Waals surface area contributed by atoms with E-state index in [2.05, 4.69) is 10.3 Å². The number of fused-ring (bicyclic) bond motifs is 1. The second-order valence-electron chi connectivity index (χ2n) is 5.58. The molecular formula is C16H21N3O3. The smallest absolute Gasteiger partial charge is 0.326 e. The third kappa shape index (κ3) is 3.27. The average Bonchev–Trinajstić information content (AvgIpc) is 2.82. The molecule has 0 saturated carbocycles. The SMILES string of the molecule is CCc1nc2ccccc2n1CC(=O)N[C@@H](C(=O)O)C(C)C. The summed E-state index contributed by atoms with van der Waals surface area (Å²) in [5.74, 6) is -0.701. The number of carbonyl (C=O) groups is 2. The Balaban J connectivity index is 2.23. The summed E-state index contributed by atoms with van der Waals surface area (Å²) in [5.41, 5.74) is 1.72. The van der Waals surface area contributed by atoms with E-state index >= 15 is 0 Å². The van der Waals surface area contributed by atoms with Gasteiger partial charge in [0.25, 0.3) is 0 Å². The summed E-state index contributed by atoms with van der Waals surface area (Å²) in [6, 6.07) is 6.72. The lowest BCUT2D eigenvalue weighted by atomic mass is 10.1. The zero-order valence-electron chi connectivity index (χ0n) is 13.0. The topological polar surface area (TPSA) is 84.2 Å². The number of benzene rings is 1. The number of para-hydroxylation sites is 2. The van der Waals surface area contributed by atoms with Gasteiger partial charge in [-0.3, -0.25) is 4.79 Å². The van der Waals surface area contributed by atoms with E-state index in [-0.39, 0.29) is 18.4 Å². The molecule has 118 valence electrons. The maximum Gasteiger partial charge on any atom is 0.326 e. The van der Waals surface area contributed by atoms with Crippen molar-refractivity contribution < 1.29 is 14.7 Å². The molecule has 6 nitrogen and oxygen atoms in total. The van der Waals surface area contributed by atoms with Crippen LogP contribution in [0.2, 0.25) is 0 Å². The van der Waals surface area contributed by atoms with Crippen LogP contribution < -0.4 is 5.32 Å². The highest BCUT2D eigenvalue weighted by molar-refractivity contribution is 5.85. The normalized spacial score (nSPS) is 12.5. The maximum atomic E-state index is 12.2. The lowest BCUT2D eigenvalue weighted by molar-refractivity contribution is -0.143. The monoisotopic (exact) mass is 303 g/mol. The van der Waals surface area contributed by atoms with Crippen molar-refractivity contribution >= 4 is 22.9 Å². The predicted molar refractivity (Wildman–Crippen MR) is 83.5 cm³/mol. The van der Waals surface area contributed by atoms with E-state index in [9.17, 15) is 9.59 Å². The Morgan fingerprint density at radius 3 is 2.59 bits per heavy atom. The van der Waals surface area contributed by atoms with E-state index < -0.39 is 12.0 Å². The van der Waals surface area contributed by atoms with Crippen molar-refractivity contribution in [1.29, 1.82) is 0 Å². The second-order valence-corrected chi connectivity index (χ2v) is 5.58.